The highest BCUT2D eigenvalue weighted by Gasteiger charge is 2.21. The molecule has 2 unspecified atom stereocenters. The van der Waals surface area contributed by atoms with Crippen molar-refractivity contribution in [1.82, 2.24) is 20.4 Å². The standard InChI is InChI=1S/C19H39N5O.HI/c1-6-20-19(21-10-9-18(25)24(7-2)8-3)22-11-12-23-14-16(4)13-17(5)15-23;/h16-17H,6-15H2,1-5H3,(H2,20,21,22);1H. The monoisotopic (exact) mass is 481 g/mol. The van der Waals surface area contributed by atoms with Gasteiger partial charge in [-0.3, -0.25) is 9.79 Å². The Kier molecular flexibility index (Phi) is 14.2. The van der Waals surface area contributed by atoms with Gasteiger partial charge in [-0.2, -0.15) is 0 Å². The first-order chi connectivity index (χ1) is 12.0. The van der Waals surface area contributed by atoms with Crippen LogP contribution in [0.2, 0.25) is 0 Å². The van der Waals surface area contributed by atoms with Crippen LogP contribution in [0.3, 0.4) is 0 Å². The van der Waals surface area contributed by atoms with Crippen molar-refractivity contribution in [3.05, 3.63) is 0 Å². The van der Waals surface area contributed by atoms with Gasteiger partial charge in [-0.1, -0.05) is 13.8 Å². The van der Waals surface area contributed by atoms with Gasteiger partial charge in [0.2, 0.25) is 5.91 Å². The minimum absolute atomic E-state index is 0. The van der Waals surface area contributed by atoms with E-state index in [0.717, 1.165) is 50.5 Å². The molecule has 0 aliphatic carbocycles. The first kappa shape index (κ1) is 25.4. The van der Waals surface area contributed by atoms with Crippen LogP contribution in [0.5, 0.6) is 0 Å². The predicted molar refractivity (Wildman–Crippen MR) is 121 cm³/mol. The number of aliphatic imine (C=N–C) groups is 1. The van der Waals surface area contributed by atoms with Gasteiger partial charge in [0.25, 0.3) is 0 Å². The lowest BCUT2D eigenvalue weighted by atomic mass is 9.92. The molecule has 0 saturated carbocycles. The lowest BCUT2D eigenvalue weighted by molar-refractivity contribution is -0.130. The molecule has 1 aliphatic heterocycles. The highest BCUT2D eigenvalue weighted by Crippen LogP contribution is 2.20. The van der Waals surface area contributed by atoms with E-state index in [9.17, 15) is 4.79 Å². The van der Waals surface area contributed by atoms with Gasteiger partial charge in [0, 0.05) is 52.2 Å². The van der Waals surface area contributed by atoms with Crippen LogP contribution in [0.25, 0.3) is 0 Å². The van der Waals surface area contributed by atoms with Gasteiger partial charge in [-0.25, -0.2) is 0 Å². The molecule has 0 aromatic carbocycles. The molecule has 26 heavy (non-hydrogen) atoms. The number of nitrogens with zero attached hydrogens (tertiary/aromatic N) is 3. The van der Waals surface area contributed by atoms with Crippen molar-refractivity contribution in [3.63, 3.8) is 0 Å². The number of hydrogen-bond acceptors (Lipinski definition) is 3. The zero-order valence-corrected chi connectivity index (χ0v) is 19.7. The second-order valence-corrected chi connectivity index (χ2v) is 7.21. The van der Waals surface area contributed by atoms with E-state index in [2.05, 4.69) is 41.3 Å². The van der Waals surface area contributed by atoms with Crippen molar-refractivity contribution >= 4 is 35.8 Å². The van der Waals surface area contributed by atoms with Crippen LogP contribution in [0, 0.1) is 11.8 Å². The average Bonchev–Trinajstić information content (AvgIpc) is 2.55. The van der Waals surface area contributed by atoms with Crippen molar-refractivity contribution in [1.29, 1.82) is 0 Å². The smallest absolute Gasteiger partial charge is 0.224 e. The fraction of sp³-hybridized carbons (Fsp3) is 0.895. The molecule has 1 rings (SSSR count). The Labute approximate surface area is 177 Å². The van der Waals surface area contributed by atoms with Crippen LogP contribution in [-0.2, 0) is 4.79 Å². The molecule has 7 heteroatoms. The number of piperidine rings is 1. The number of hydrogen-bond donors (Lipinski definition) is 2. The van der Waals surface area contributed by atoms with Crippen molar-refractivity contribution in [3.8, 4) is 0 Å². The normalized spacial score (nSPS) is 21.0. The van der Waals surface area contributed by atoms with Crippen molar-refractivity contribution in [2.24, 2.45) is 16.8 Å². The molecule has 2 N–H and O–H groups in total. The fourth-order valence-electron chi connectivity index (χ4n) is 3.64. The third kappa shape index (κ3) is 9.94. The van der Waals surface area contributed by atoms with E-state index in [1.807, 2.05) is 18.7 Å². The highest BCUT2D eigenvalue weighted by molar-refractivity contribution is 14.0. The summed E-state index contributed by atoms with van der Waals surface area (Å²) in [6.07, 6.45) is 1.85. The highest BCUT2D eigenvalue weighted by atomic mass is 127. The molecule has 6 nitrogen and oxygen atoms in total. The van der Waals surface area contributed by atoms with Crippen LogP contribution in [-0.4, -0.2) is 74.0 Å². The van der Waals surface area contributed by atoms with Crippen LogP contribution in [0.15, 0.2) is 4.99 Å². The summed E-state index contributed by atoms with van der Waals surface area (Å²) in [7, 11) is 0. The molecule has 2 atom stereocenters. The summed E-state index contributed by atoms with van der Waals surface area (Å²) in [4.78, 5) is 21.1. The first-order valence-electron chi connectivity index (χ1n) is 10.0. The summed E-state index contributed by atoms with van der Waals surface area (Å²) in [6, 6.07) is 0. The largest absolute Gasteiger partial charge is 0.357 e. The molecule has 1 fully saturated rings. The van der Waals surface area contributed by atoms with E-state index in [1.54, 1.807) is 0 Å². The maximum atomic E-state index is 12.0. The molecular formula is C19H40IN5O. The van der Waals surface area contributed by atoms with Gasteiger partial charge in [0.1, 0.15) is 0 Å². The summed E-state index contributed by atoms with van der Waals surface area (Å²) in [5.74, 6) is 2.58. The van der Waals surface area contributed by atoms with Crippen LogP contribution in [0.4, 0.5) is 0 Å². The Hall–Kier alpha value is -0.570. The quantitative estimate of drug-likeness (QED) is 0.302. The summed E-state index contributed by atoms with van der Waals surface area (Å²) < 4.78 is 0. The van der Waals surface area contributed by atoms with Gasteiger partial charge in [-0.15, -0.1) is 24.0 Å². The predicted octanol–water partition coefficient (Wildman–Crippen LogP) is 2.40. The third-order valence-electron chi connectivity index (χ3n) is 4.72. The molecule has 1 heterocycles. The third-order valence-corrected chi connectivity index (χ3v) is 4.72. The van der Waals surface area contributed by atoms with E-state index in [1.165, 1.54) is 19.5 Å². The number of rotatable bonds is 9. The zero-order valence-electron chi connectivity index (χ0n) is 17.4. The van der Waals surface area contributed by atoms with Crippen molar-refractivity contribution in [2.45, 2.75) is 47.5 Å². The lowest BCUT2D eigenvalue weighted by Gasteiger charge is -2.34. The van der Waals surface area contributed by atoms with Gasteiger partial charge in [-0.05, 0) is 39.0 Å². The molecule has 0 aromatic heterocycles. The molecular weight excluding hydrogens is 441 g/mol. The number of carbonyl (C=O) groups excluding carboxylic acids is 1. The number of carbonyl (C=O) groups is 1. The van der Waals surface area contributed by atoms with Gasteiger partial charge < -0.3 is 20.4 Å². The average molecular weight is 481 g/mol. The molecule has 0 aromatic rings. The maximum absolute atomic E-state index is 12.0. The number of halogens is 1. The molecule has 0 radical (unpaired) electrons. The summed E-state index contributed by atoms with van der Waals surface area (Å²) in [5.41, 5.74) is 0. The van der Waals surface area contributed by atoms with E-state index in [-0.39, 0.29) is 29.9 Å². The summed E-state index contributed by atoms with van der Waals surface area (Å²) in [6.45, 7) is 17.9. The topological polar surface area (TPSA) is 60.0 Å². The fourth-order valence-corrected chi connectivity index (χ4v) is 3.64. The molecule has 1 aliphatic rings. The Morgan fingerprint density at radius 3 is 2.27 bits per heavy atom. The Morgan fingerprint density at radius 2 is 1.73 bits per heavy atom. The van der Waals surface area contributed by atoms with Crippen molar-refractivity contribution in [2.75, 3.05) is 52.4 Å². The van der Waals surface area contributed by atoms with E-state index in [4.69, 9.17) is 0 Å². The van der Waals surface area contributed by atoms with Crippen LogP contribution < -0.4 is 10.6 Å². The van der Waals surface area contributed by atoms with Gasteiger partial charge in [0.15, 0.2) is 5.96 Å². The molecule has 0 bridgehead atoms. The molecule has 1 amide bonds. The van der Waals surface area contributed by atoms with Gasteiger partial charge >= 0.3 is 0 Å². The molecule has 1 saturated heterocycles. The lowest BCUT2D eigenvalue weighted by Crippen LogP contribution is -2.42. The minimum atomic E-state index is 0. The maximum Gasteiger partial charge on any atom is 0.224 e. The molecule has 154 valence electrons. The SMILES string of the molecule is CCNC(=NCCN1CC(C)CC(C)C1)NCCC(=O)N(CC)CC.I. The number of nitrogens with one attached hydrogen (secondary N) is 2. The van der Waals surface area contributed by atoms with Crippen LogP contribution >= 0.6 is 24.0 Å². The van der Waals surface area contributed by atoms with E-state index in [0.29, 0.717) is 13.0 Å². The number of amides is 1. The van der Waals surface area contributed by atoms with Gasteiger partial charge in [0.05, 0.1) is 6.54 Å². The summed E-state index contributed by atoms with van der Waals surface area (Å²) >= 11 is 0. The molecule has 0 spiro atoms. The van der Waals surface area contributed by atoms with E-state index < -0.39 is 0 Å². The first-order valence-corrected chi connectivity index (χ1v) is 10.0. The second kappa shape index (κ2) is 14.5. The Bertz CT molecular complexity index is 405. The number of likely N-dealkylation sites (tertiary alicyclic amines) is 1. The Morgan fingerprint density at radius 1 is 1.12 bits per heavy atom. The van der Waals surface area contributed by atoms with Crippen molar-refractivity contribution < 1.29 is 4.79 Å². The van der Waals surface area contributed by atoms with E-state index >= 15 is 0 Å². The minimum Gasteiger partial charge on any atom is -0.357 e. The Balaban J connectivity index is 0.00000625. The number of guanidine groups is 1. The summed E-state index contributed by atoms with van der Waals surface area (Å²) in [5, 5.41) is 6.55. The zero-order chi connectivity index (χ0) is 18.7. The van der Waals surface area contributed by atoms with Crippen LogP contribution in [0.1, 0.15) is 47.5 Å². The second-order valence-electron chi connectivity index (χ2n) is 7.21.